The predicted octanol–water partition coefficient (Wildman–Crippen LogP) is 9.28. The minimum Gasteiger partial charge on any atom is -0.495 e. The van der Waals surface area contributed by atoms with Gasteiger partial charge in [-0.15, -0.1) is 0 Å². The van der Waals surface area contributed by atoms with Crippen molar-refractivity contribution in [1.82, 2.24) is 0 Å². The Morgan fingerprint density at radius 1 is 0.648 bits per heavy atom. The summed E-state index contributed by atoms with van der Waals surface area (Å²) in [5.41, 5.74) is 2.10. The normalized spacial score (nSPS) is 13.2. The van der Waals surface area contributed by atoms with Gasteiger partial charge in [-0.25, -0.2) is 0 Å². The molecule has 2 N–H and O–H groups in total. The summed E-state index contributed by atoms with van der Waals surface area (Å²) in [7, 11) is 5.61. The van der Waals surface area contributed by atoms with Crippen LogP contribution in [0.1, 0.15) is 33.3 Å². The summed E-state index contributed by atoms with van der Waals surface area (Å²) < 4.78 is 21.0. The van der Waals surface area contributed by atoms with Crippen LogP contribution in [-0.2, 0) is 19.2 Å². The first-order valence-electron chi connectivity index (χ1n) is 15.7. The number of anilines is 2. The molecule has 0 aliphatic rings. The third-order valence-corrected chi connectivity index (χ3v) is 8.70. The smallest absolute Gasteiger partial charge is 0.258 e. The molecule has 14 nitrogen and oxygen atoms in total. The van der Waals surface area contributed by atoms with Crippen LogP contribution < -0.4 is 29.6 Å². The summed E-state index contributed by atoms with van der Waals surface area (Å²) in [6.45, 7) is 5.71. The van der Waals surface area contributed by atoms with Gasteiger partial charge in [0.25, 0.3) is 11.8 Å². The summed E-state index contributed by atoms with van der Waals surface area (Å²) >= 11 is 25.3. The number of amides is 2. The summed E-state index contributed by atoms with van der Waals surface area (Å²) in [5.74, 6) is -1.65. The molecule has 3 aromatic rings. The number of halogens is 4. The molecular weight excluding hydrogens is 786 g/mol. The highest BCUT2D eigenvalue weighted by Crippen LogP contribution is 2.37. The summed E-state index contributed by atoms with van der Waals surface area (Å²) in [6.07, 6.45) is 1.59. The van der Waals surface area contributed by atoms with Crippen LogP contribution in [0.15, 0.2) is 79.7 Å². The van der Waals surface area contributed by atoms with Gasteiger partial charge >= 0.3 is 0 Å². The molecule has 0 heterocycles. The Morgan fingerprint density at radius 2 is 1.11 bits per heavy atom. The van der Waals surface area contributed by atoms with E-state index < -0.39 is 35.5 Å². The van der Waals surface area contributed by atoms with E-state index in [-0.39, 0.29) is 65.9 Å². The van der Waals surface area contributed by atoms with E-state index in [9.17, 15) is 19.2 Å². The molecule has 0 bridgehead atoms. The SMILES string of the molecule is COc1cc(NC(=O)C(/N=N/C(C)=C(Cl)/C=C(\C)c2ccc(/N=N/C(C(C)=O)C(=O)Nc3cc(OC)c(Cl)cc3OC)c(Cl)c2)C(C)=O)c(OC)cc1Cl. The van der Waals surface area contributed by atoms with Crippen LogP contribution in [-0.4, -0.2) is 63.9 Å². The van der Waals surface area contributed by atoms with E-state index in [1.54, 1.807) is 38.1 Å². The van der Waals surface area contributed by atoms with Gasteiger partial charge in [0.05, 0.1) is 65.6 Å². The number of ether oxygens (including phenoxy) is 4. The number of methoxy groups -OCH3 is 4. The van der Waals surface area contributed by atoms with E-state index in [0.29, 0.717) is 11.1 Å². The number of allylic oxidation sites excluding steroid dienone is 4. The Morgan fingerprint density at radius 3 is 1.54 bits per heavy atom. The Bertz CT molecular complexity index is 2070. The van der Waals surface area contributed by atoms with Crippen LogP contribution >= 0.6 is 46.4 Å². The average Bonchev–Trinajstić information content (AvgIpc) is 3.12. The number of nitrogens with one attached hydrogen (secondary N) is 2. The lowest BCUT2D eigenvalue weighted by molar-refractivity contribution is -0.127. The van der Waals surface area contributed by atoms with Crippen molar-refractivity contribution >= 4 is 92.4 Å². The molecule has 0 fully saturated rings. The highest BCUT2D eigenvalue weighted by molar-refractivity contribution is 6.34. The van der Waals surface area contributed by atoms with Crippen molar-refractivity contribution in [1.29, 1.82) is 0 Å². The van der Waals surface area contributed by atoms with Crippen molar-refractivity contribution in [3.05, 3.63) is 79.9 Å². The van der Waals surface area contributed by atoms with Crippen LogP contribution in [0.2, 0.25) is 15.1 Å². The van der Waals surface area contributed by atoms with Crippen molar-refractivity contribution in [2.45, 2.75) is 39.8 Å². The zero-order chi connectivity index (χ0) is 40.3. The molecule has 286 valence electrons. The molecule has 2 atom stereocenters. The molecule has 0 aromatic heterocycles. The predicted molar refractivity (Wildman–Crippen MR) is 208 cm³/mol. The first kappa shape index (κ1) is 43.4. The second-order valence-corrected chi connectivity index (χ2v) is 12.9. The minimum absolute atomic E-state index is 0.160. The quantitative estimate of drug-likeness (QED) is 0.0815. The van der Waals surface area contributed by atoms with Crippen LogP contribution in [0.4, 0.5) is 17.1 Å². The molecular formula is C36H36Cl4N6O8. The van der Waals surface area contributed by atoms with Crippen molar-refractivity contribution in [3.8, 4) is 23.0 Å². The third-order valence-electron chi connectivity index (χ3n) is 7.43. The maximum atomic E-state index is 13.1. The fraction of sp³-hybridized carbons (Fsp3) is 0.278. The van der Waals surface area contributed by atoms with E-state index in [0.717, 1.165) is 0 Å². The molecule has 3 aromatic carbocycles. The second kappa shape index (κ2) is 19.9. The zero-order valence-corrected chi connectivity index (χ0v) is 33.4. The topological polar surface area (TPSA) is 179 Å². The fourth-order valence-electron chi connectivity index (χ4n) is 4.48. The molecule has 0 aliphatic carbocycles. The van der Waals surface area contributed by atoms with E-state index in [4.69, 9.17) is 65.4 Å². The molecule has 2 amide bonds. The molecule has 3 rings (SSSR count). The summed E-state index contributed by atoms with van der Waals surface area (Å²) in [6, 6.07) is 7.62. The van der Waals surface area contributed by atoms with Crippen LogP contribution in [0.3, 0.4) is 0 Å². The van der Waals surface area contributed by atoms with Gasteiger partial charge in [-0.05, 0) is 57.0 Å². The Labute approximate surface area is 331 Å². The molecule has 0 radical (unpaired) electrons. The van der Waals surface area contributed by atoms with Gasteiger partial charge < -0.3 is 29.6 Å². The average molecular weight is 823 g/mol. The Kier molecular flexibility index (Phi) is 16.0. The van der Waals surface area contributed by atoms with E-state index >= 15 is 0 Å². The Hall–Kier alpha value is -5.02. The number of Topliss-reactive ketones (excluding diaryl/α,β-unsaturated/α-hetero) is 2. The van der Waals surface area contributed by atoms with Crippen LogP contribution in [0.25, 0.3) is 5.57 Å². The number of carbonyl (C=O) groups is 4. The van der Waals surface area contributed by atoms with Gasteiger partial charge in [-0.3, -0.25) is 19.2 Å². The first-order valence-corrected chi connectivity index (χ1v) is 17.2. The lowest BCUT2D eigenvalue weighted by atomic mass is 10.1. The monoisotopic (exact) mass is 820 g/mol. The molecule has 0 spiro atoms. The van der Waals surface area contributed by atoms with Crippen LogP contribution in [0.5, 0.6) is 23.0 Å². The van der Waals surface area contributed by atoms with Crippen molar-refractivity contribution in [3.63, 3.8) is 0 Å². The zero-order valence-electron chi connectivity index (χ0n) is 30.3. The second-order valence-electron chi connectivity index (χ2n) is 11.2. The Balaban J connectivity index is 1.78. The number of ketones is 2. The number of nitrogens with zero attached hydrogens (tertiary/aromatic N) is 4. The third kappa shape index (κ3) is 11.2. The highest BCUT2D eigenvalue weighted by Gasteiger charge is 2.26. The van der Waals surface area contributed by atoms with E-state index in [1.807, 2.05) is 0 Å². The standard InChI is InChI=1S/C36H36Cl4N6O8/c1-17(11-22(37)18(2)43-45-33(19(3)47)35(49)41-27-15-29(51-5)24(39)13-31(27)53-7)21-9-10-26(23(38)12-21)44-46-34(20(4)48)36(50)42-28-16-30(52-6)25(40)14-32(28)54-8/h9-16,33-34H,1-8H3,(H,41,49)(H,42,50)/b17-11+,22-18-,45-43+,46-44+. The van der Waals surface area contributed by atoms with Crippen LogP contribution in [0, 0.1) is 0 Å². The van der Waals surface area contributed by atoms with Gasteiger partial charge in [0.1, 0.15) is 28.7 Å². The molecule has 0 saturated carbocycles. The molecule has 2 unspecified atom stereocenters. The summed E-state index contributed by atoms with van der Waals surface area (Å²) in [4.78, 5) is 50.8. The number of rotatable bonds is 16. The molecule has 0 saturated heterocycles. The van der Waals surface area contributed by atoms with Crippen molar-refractivity contribution in [2.24, 2.45) is 20.5 Å². The highest BCUT2D eigenvalue weighted by atomic mass is 35.5. The molecule has 0 aliphatic heterocycles. The lowest BCUT2D eigenvalue weighted by Gasteiger charge is -2.14. The first-order chi connectivity index (χ1) is 25.5. The molecule has 54 heavy (non-hydrogen) atoms. The van der Waals surface area contributed by atoms with Crippen molar-refractivity contribution in [2.75, 3.05) is 39.1 Å². The summed E-state index contributed by atoms with van der Waals surface area (Å²) in [5, 5.41) is 22.0. The maximum Gasteiger partial charge on any atom is 0.258 e. The van der Waals surface area contributed by atoms with Gasteiger partial charge in [-0.2, -0.15) is 20.5 Å². The molecule has 18 heteroatoms. The van der Waals surface area contributed by atoms with Gasteiger partial charge in [0.2, 0.25) is 12.1 Å². The lowest BCUT2D eigenvalue weighted by Crippen LogP contribution is -2.32. The van der Waals surface area contributed by atoms with Crippen molar-refractivity contribution < 1.29 is 38.1 Å². The number of hydrogen-bond acceptors (Lipinski definition) is 12. The number of azo groups is 2. The van der Waals surface area contributed by atoms with E-state index in [1.165, 1.54) is 66.6 Å². The van der Waals surface area contributed by atoms with Gasteiger partial charge in [0, 0.05) is 24.3 Å². The fourth-order valence-corrected chi connectivity index (χ4v) is 5.36. The van der Waals surface area contributed by atoms with Gasteiger partial charge in [-0.1, -0.05) is 52.5 Å². The van der Waals surface area contributed by atoms with E-state index in [2.05, 4.69) is 31.1 Å². The number of carbonyl (C=O) groups excluding carboxylic acids is 4. The largest absolute Gasteiger partial charge is 0.495 e. The number of benzene rings is 3. The maximum absolute atomic E-state index is 13.1. The van der Waals surface area contributed by atoms with Gasteiger partial charge in [0.15, 0.2) is 11.6 Å². The minimum atomic E-state index is -1.51. The number of hydrogen-bond donors (Lipinski definition) is 2.